The summed E-state index contributed by atoms with van der Waals surface area (Å²) in [6.45, 7) is 2.93. The molecule has 0 heterocycles. The maximum Gasteiger partial charge on any atom is 0.251 e. The molecule has 0 radical (unpaired) electrons. The summed E-state index contributed by atoms with van der Waals surface area (Å²) in [6.07, 6.45) is 10.00. The van der Waals surface area contributed by atoms with Gasteiger partial charge in [-0.05, 0) is 30.7 Å². The van der Waals surface area contributed by atoms with E-state index in [0.29, 0.717) is 17.7 Å². The fourth-order valence-corrected chi connectivity index (χ4v) is 2.35. The van der Waals surface area contributed by atoms with Gasteiger partial charge in [-0.2, -0.15) is 0 Å². The van der Waals surface area contributed by atoms with E-state index in [-0.39, 0.29) is 5.91 Å². The highest BCUT2D eigenvalue weighted by Crippen LogP contribution is 2.08. The highest BCUT2D eigenvalue weighted by molar-refractivity contribution is 5.97. The van der Waals surface area contributed by atoms with Crippen LogP contribution in [0.1, 0.15) is 79.0 Å². The normalized spacial score (nSPS) is 10.4. The molecule has 0 unspecified atom stereocenters. The van der Waals surface area contributed by atoms with Gasteiger partial charge in [0, 0.05) is 17.7 Å². The van der Waals surface area contributed by atoms with Crippen LogP contribution in [-0.2, 0) is 0 Å². The first-order chi connectivity index (χ1) is 10.6. The minimum absolute atomic E-state index is 0.0982. The summed E-state index contributed by atoms with van der Waals surface area (Å²) in [6, 6.07) is 6.41. The third kappa shape index (κ3) is 7.25. The van der Waals surface area contributed by atoms with Gasteiger partial charge in [-0.1, -0.05) is 51.9 Å². The van der Waals surface area contributed by atoms with E-state index in [1.165, 1.54) is 38.5 Å². The molecule has 0 aliphatic carbocycles. The number of benzene rings is 1. The Balaban J connectivity index is 2.12. The molecule has 0 aliphatic rings. The summed E-state index contributed by atoms with van der Waals surface area (Å²) in [5, 5.41) is 2.90. The van der Waals surface area contributed by atoms with Crippen molar-refractivity contribution >= 4 is 11.8 Å². The Labute approximate surface area is 133 Å². The molecule has 0 saturated carbocycles. The molecule has 122 valence electrons. The molecule has 4 nitrogen and oxygen atoms in total. The number of hydrogen-bond acceptors (Lipinski definition) is 2. The van der Waals surface area contributed by atoms with E-state index in [2.05, 4.69) is 12.2 Å². The number of amides is 2. The SMILES string of the molecule is CCCCCCCCCCNC(=O)c1ccc(C(N)=O)cc1. The standard InChI is InChI=1S/C18H28N2O2/c1-2-3-4-5-6-7-8-9-14-20-18(22)16-12-10-15(11-13-16)17(19)21/h10-13H,2-9,14H2,1H3,(H2,19,21)(H,20,22). The molecule has 0 aliphatic heterocycles. The minimum Gasteiger partial charge on any atom is -0.366 e. The van der Waals surface area contributed by atoms with E-state index in [9.17, 15) is 9.59 Å². The second kappa shape index (κ2) is 10.8. The lowest BCUT2D eigenvalue weighted by Gasteiger charge is -2.06. The Hall–Kier alpha value is -1.84. The Morgan fingerprint density at radius 3 is 1.91 bits per heavy atom. The van der Waals surface area contributed by atoms with Crippen molar-refractivity contribution in [2.45, 2.75) is 58.3 Å². The van der Waals surface area contributed by atoms with Crippen molar-refractivity contribution in [1.82, 2.24) is 5.32 Å². The fourth-order valence-electron chi connectivity index (χ4n) is 2.35. The van der Waals surface area contributed by atoms with Gasteiger partial charge in [-0.3, -0.25) is 9.59 Å². The molecule has 22 heavy (non-hydrogen) atoms. The zero-order chi connectivity index (χ0) is 16.2. The molecule has 1 aromatic rings. The third-order valence-corrected chi connectivity index (χ3v) is 3.75. The topological polar surface area (TPSA) is 72.2 Å². The number of carbonyl (C=O) groups excluding carboxylic acids is 2. The van der Waals surface area contributed by atoms with Crippen LogP contribution < -0.4 is 11.1 Å². The lowest BCUT2D eigenvalue weighted by atomic mass is 10.1. The van der Waals surface area contributed by atoms with E-state index >= 15 is 0 Å². The summed E-state index contributed by atoms with van der Waals surface area (Å²) < 4.78 is 0. The average molecular weight is 304 g/mol. The van der Waals surface area contributed by atoms with Crippen molar-refractivity contribution < 1.29 is 9.59 Å². The summed E-state index contributed by atoms with van der Waals surface area (Å²) in [4.78, 5) is 22.9. The Morgan fingerprint density at radius 1 is 0.864 bits per heavy atom. The Morgan fingerprint density at radius 2 is 1.36 bits per heavy atom. The predicted octanol–water partition coefficient (Wildman–Crippen LogP) is 3.66. The summed E-state index contributed by atoms with van der Waals surface area (Å²) >= 11 is 0. The number of nitrogens with one attached hydrogen (secondary N) is 1. The lowest BCUT2D eigenvalue weighted by Crippen LogP contribution is -2.24. The van der Waals surface area contributed by atoms with Crippen molar-refractivity contribution in [2.24, 2.45) is 5.73 Å². The summed E-state index contributed by atoms with van der Waals surface area (Å²) in [7, 11) is 0. The smallest absolute Gasteiger partial charge is 0.251 e. The van der Waals surface area contributed by atoms with Crippen LogP contribution in [0.4, 0.5) is 0 Å². The van der Waals surface area contributed by atoms with Gasteiger partial charge in [-0.15, -0.1) is 0 Å². The van der Waals surface area contributed by atoms with Gasteiger partial charge in [0.15, 0.2) is 0 Å². The van der Waals surface area contributed by atoms with Crippen LogP contribution in [0.25, 0.3) is 0 Å². The van der Waals surface area contributed by atoms with Gasteiger partial charge < -0.3 is 11.1 Å². The zero-order valence-electron chi connectivity index (χ0n) is 13.6. The van der Waals surface area contributed by atoms with Gasteiger partial charge >= 0.3 is 0 Å². The molecule has 1 rings (SSSR count). The molecule has 2 amide bonds. The van der Waals surface area contributed by atoms with Crippen LogP contribution in [0.2, 0.25) is 0 Å². The maximum atomic E-state index is 11.9. The molecule has 4 heteroatoms. The number of nitrogens with two attached hydrogens (primary N) is 1. The Kier molecular flexibility index (Phi) is 8.96. The number of hydrogen-bond donors (Lipinski definition) is 2. The summed E-state index contributed by atoms with van der Waals surface area (Å²) in [5.74, 6) is -0.579. The fraction of sp³-hybridized carbons (Fsp3) is 0.556. The van der Waals surface area contributed by atoms with Crippen LogP contribution in [0, 0.1) is 0 Å². The van der Waals surface area contributed by atoms with Crippen molar-refractivity contribution in [2.75, 3.05) is 6.54 Å². The first kappa shape index (κ1) is 18.2. The van der Waals surface area contributed by atoms with E-state index in [0.717, 1.165) is 12.8 Å². The molecular weight excluding hydrogens is 276 g/mol. The van der Waals surface area contributed by atoms with E-state index in [4.69, 9.17) is 5.73 Å². The van der Waals surface area contributed by atoms with Crippen molar-refractivity contribution in [3.05, 3.63) is 35.4 Å². The van der Waals surface area contributed by atoms with E-state index < -0.39 is 5.91 Å². The molecule has 0 saturated heterocycles. The third-order valence-electron chi connectivity index (χ3n) is 3.75. The summed E-state index contributed by atoms with van der Waals surface area (Å²) in [5.41, 5.74) is 6.14. The second-order valence-corrected chi connectivity index (χ2v) is 5.67. The van der Waals surface area contributed by atoms with Gasteiger partial charge in [-0.25, -0.2) is 0 Å². The predicted molar refractivity (Wildman–Crippen MR) is 89.9 cm³/mol. The first-order valence-electron chi connectivity index (χ1n) is 8.33. The lowest BCUT2D eigenvalue weighted by molar-refractivity contribution is 0.0950. The number of rotatable bonds is 11. The van der Waals surface area contributed by atoms with Gasteiger partial charge in [0.1, 0.15) is 0 Å². The number of unbranched alkanes of at least 4 members (excludes halogenated alkanes) is 7. The number of carbonyl (C=O) groups is 2. The largest absolute Gasteiger partial charge is 0.366 e. The van der Waals surface area contributed by atoms with Crippen LogP contribution in [-0.4, -0.2) is 18.4 Å². The van der Waals surface area contributed by atoms with Crippen LogP contribution in [0.5, 0.6) is 0 Å². The average Bonchev–Trinajstić information content (AvgIpc) is 2.53. The highest BCUT2D eigenvalue weighted by atomic mass is 16.2. The van der Waals surface area contributed by atoms with Crippen LogP contribution >= 0.6 is 0 Å². The monoisotopic (exact) mass is 304 g/mol. The molecule has 0 spiro atoms. The minimum atomic E-state index is -0.481. The van der Waals surface area contributed by atoms with E-state index in [1.807, 2.05) is 0 Å². The highest BCUT2D eigenvalue weighted by Gasteiger charge is 2.06. The van der Waals surface area contributed by atoms with Gasteiger partial charge in [0.2, 0.25) is 5.91 Å². The molecule has 0 bridgehead atoms. The molecular formula is C18H28N2O2. The van der Waals surface area contributed by atoms with E-state index in [1.54, 1.807) is 24.3 Å². The van der Waals surface area contributed by atoms with Crippen molar-refractivity contribution in [3.8, 4) is 0 Å². The van der Waals surface area contributed by atoms with Gasteiger partial charge in [0.05, 0.1) is 0 Å². The van der Waals surface area contributed by atoms with Crippen molar-refractivity contribution in [1.29, 1.82) is 0 Å². The first-order valence-corrected chi connectivity index (χ1v) is 8.33. The molecule has 0 atom stereocenters. The number of primary amides is 1. The molecule has 0 aromatic heterocycles. The Bertz CT molecular complexity index is 455. The molecule has 3 N–H and O–H groups in total. The zero-order valence-corrected chi connectivity index (χ0v) is 13.6. The van der Waals surface area contributed by atoms with Crippen LogP contribution in [0.15, 0.2) is 24.3 Å². The van der Waals surface area contributed by atoms with Gasteiger partial charge in [0.25, 0.3) is 5.91 Å². The quantitative estimate of drug-likeness (QED) is 0.612. The maximum absolute atomic E-state index is 11.9. The van der Waals surface area contributed by atoms with Crippen molar-refractivity contribution in [3.63, 3.8) is 0 Å². The molecule has 1 aromatic carbocycles. The second-order valence-electron chi connectivity index (χ2n) is 5.67. The molecule has 0 fully saturated rings. The van der Waals surface area contributed by atoms with Crippen LogP contribution in [0.3, 0.4) is 0 Å².